The fourth-order valence-electron chi connectivity index (χ4n) is 15.0. The summed E-state index contributed by atoms with van der Waals surface area (Å²) in [6, 6.07) is 6.27. The molecule has 24 heteroatoms. The molecule has 0 aromatic heterocycles. The van der Waals surface area contributed by atoms with Gasteiger partial charge in [0.2, 0.25) is 0 Å². The fraction of sp³-hybridized carbons (Fsp3) is 0.811. The molecular weight excluding hydrogens is 1270 g/mol. The van der Waals surface area contributed by atoms with Gasteiger partial charge in [-0.25, -0.2) is 4.79 Å². The lowest BCUT2D eigenvalue weighted by molar-refractivity contribution is -0.403. The maximum absolute atomic E-state index is 12.5. The topological polar surface area (TPSA) is 266 Å². The van der Waals surface area contributed by atoms with Crippen LogP contribution in [0, 0.1) is 23.2 Å². The van der Waals surface area contributed by atoms with Crippen molar-refractivity contribution in [1.29, 1.82) is 0 Å². The lowest BCUT2D eigenvalue weighted by atomic mass is 9.66. The van der Waals surface area contributed by atoms with Crippen LogP contribution < -0.4 is 9.47 Å². The Morgan fingerprint density at radius 1 is 0.520 bits per heavy atom. The van der Waals surface area contributed by atoms with Crippen LogP contribution in [0.1, 0.15) is 256 Å². The number of carbonyl (C=O) groups is 8. The van der Waals surface area contributed by atoms with Gasteiger partial charge in [-0.1, -0.05) is 96.1 Å². The first-order valence-electron chi connectivity index (χ1n) is 35.5. The summed E-state index contributed by atoms with van der Waals surface area (Å²) in [6.07, 6.45) is 5.13. The largest absolute Gasteiger partial charge is 0.465 e. The fourth-order valence-corrected chi connectivity index (χ4v) is 15.0. The molecule has 5 saturated heterocycles. The second-order valence-electron chi connectivity index (χ2n) is 30.9. The molecule has 1 aromatic rings. The van der Waals surface area contributed by atoms with Crippen molar-refractivity contribution in [2.45, 2.75) is 318 Å². The van der Waals surface area contributed by atoms with Gasteiger partial charge in [0.05, 0.1) is 77.6 Å². The van der Waals surface area contributed by atoms with Crippen LogP contribution in [0.2, 0.25) is 0 Å². The zero-order chi connectivity index (χ0) is 74.2. The van der Waals surface area contributed by atoms with E-state index in [0.717, 1.165) is 37.2 Å². The molecule has 5 fully saturated rings. The Kier molecular flexibility index (Phi) is 27.5. The molecule has 558 valence electrons. The van der Waals surface area contributed by atoms with Crippen LogP contribution in [0.3, 0.4) is 0 Å². The Morgan fingerprint density at radius 3 is 1.41 bits per heavy atom. The van der Waals surface area contributed by atoms with Gasteiger partial charge in [-0.05, 0) is 123 Å². The third kappa shape index (κ3) is 18.1. The Bertz CT molecular complexity index is 2980. The van der Waals surface area contributed by atoms with Crippen LogP contribution in [0.25, 0.3) is 0 Å². The number of hydrogen-bond donors (Lipinski definition) is 0. The van der Waals surface area contributed by atoms with E-state index in [1.54, 1.807) is 5.06 Å². The van der Waals surface area contributed by atoms with Gasteiger partial charge in [0.25, 0.3) is 5.79 Å². The second-order valence-corrected chi connectivity index (χ2v) is 30.9. The van der Waals surface area contributed by atoms with E-state index in [1.165, 1.54) is 47.1 Å². The number of rotatable bonds is 23. The maximum atomic E-state index is 12.5. The first kappa shape index (κ1) is 83.3. The molecule has 6 aliphatic heterocycles. The molecule has 0 bridgehead atoms. The Balaban J connectivity index is 0.000000266. The molecule has 13 unspecified atom stereocenters. The van der Waals surface area contributed by atoms with Crippen molar-refractivity contribution in [3.63, 3.8) is 0 Å². The van der Waals surface area contributed by atoms with Gasteiger partial charge in [-0.15, -0.1) is 15.2 Å². The van der Waals surface area contributed by atoms with E-state index in [1.807, 2.05) is 57.7 Å². The second kappa shape index (κ2) is 32.3. The van der Waals surface area contributed by atoms with E-state index < -0.39 is 86.0 Å². The van der Waals surface area contributed by atoms with Gasteiger partial charge < -0.3 is 61.9 Å². The number of fused-ring (bicyclic) bond motifs is 1. The van der Waals surface area contributed by atoms with Crippen LogP contribution in [0.15, 0.2) is 18.2 Å². The predicted octanol–water partition coefficient (Wildman–Crippen LogP) is 12.1. The summed E-state index contributed by atoms with van der Waals surface area (Å²) in [7, 11) is 0. The third-order valence-electron chi connectivity index (χ3n) is 22.6. The molecule has 7 rings (SSSR count). The van der Waals surface area contributed by atoms with Crippen molar-refractivity contribution >= 4 is 47.4 Å². The SMILES string of the molecule is CCC1(C)CC2(OCC(COCC(COC(C)=O)OC(C)=O)O2)C(C)C(C)(CC)N1OC(C)=O.CCC1(C)CC2(Oc3ccc(C(C)(C)C)cc3O2)C(C)C(C)(CC)N1OC(C)=O.CCC1(COC(=O)CC(C)=O)COC2(CC(C)(CC)N(OC(=O)CC(C)=O)C(C)(CC)C2C)OC1. The van der Waals surface area contributed by atoms with Gasteiger partial charge >= 0.3 is 35.8 Å². The van der Waals surface area contributed by atoms with E-state index >= 15 is 0 Å². The molecule has 0 saturated carbocycles. The highest BCUT2D eigenvalue weighted by Crippen LogP contribution is 2.59. The van der Waals surface area contributed by atoms with E-state index in [4.69, 9.17) is 61.9 Å². The molecular formula is C74H121N3O21. The number of benzene rings is 1. The number of ketones is 2. The molecule has 0 N–H and O–H groups in total. The van der Waals surface area contributed by atoms with Gasteiger partial charge in [0, 0.05) is 58.8 Å². The number of Topliss-reactive ketones (excluding diaryl/α,β-unsaturated/α-hetero) is 2. The van der Waals surface area contributed by atoms with Crippen molar-refractivity contribution < 1.29 is 100 Å². The number of carbonyl (C=O) groups excluding carboxylic acids is 8. The molecule has 0 radical (unpaired) electrons. The van der Waals surface area contributed by atoms with E-state index in [-0.39, 0.29) is 92.0 Å². The monoisotopic (exact) mass is 1390 g/mol. The predicted molar refractivity (Wildman–Crippen MR) is 363 cm³/mol. The van der Waals surface area contributed by atoms with Crippen LogP contribution in [0.4, 0.5) is 0 Å². The number of piperidine rings is 3. The normalized spacial score (nSPS) is 34.9. The zero-order valence-corrected chi connectivity index (χ0v) is 64.0. The maximum Gasteiger partial charge on any atom is 0.332 e. The van der Waals surface area contributed by atoms with Crippen LogP contribution in [0.5, 0.6) is 11.5 Å². The van der Waals surface area contributed by atoms with Gasteiger partial charge in [0.15, 0.2) is 29.2 Å². The minimum Gasteiger partial charge on any atom is -0.465 e. The summed E-state index contributed by atoms with van der Waals surface area (Å²) in [6.45, 7) is 49.3. The first-order valence-corrected chi connectivity index (χ1v) is 35.5. The van der Waals surface area contributed by atoms with Gasteiger partial charge in [-0.2, -0.15) is 0 Å². The summed E-state index contributed by atoms with van der Waals surface area (Å²) in [5.74, 6) is -4.44. The average molecular weight is 1390 g/mol. The highest BCUT2D eigenvalue weighted by atomic mass is 16.8. The molecule has 13 atom stereocenters. The number of hydrogen-bond acceptors (Lipinski definition) is 24. The highest BCUT2D eigenvalue weighted by Gasteiger charge is 2.68. The summed E-state index contributed by atoms with van der Waals surface area (Å²) in [4.78, 5) is 111. The van der Waals surface area contributed by atoms with E-state index in [0.29, 0.717) is 58.3 Å². The van der Waals surface area contributed by atoms with Crippen LogP contribution in [-0.2, 0) is 96.2 Å². The van der Waals surface area contributed by atoms with Crippen molar-refractivity contribution in [3.05, 3.63) is 23.8 Å². The van der Waals surface area contributed by atoms with Crippen molar-refractivity contribution in [2.24, 2.45) is 23.2 Å². The minimum absolute atomic E-state index is 0.0236. The molecule has 3 spiro atoms. The standard InChI is InChI=1S/C26H43NO8.C24H41NO9.C24H37NO4/c1-9-23(7)14-26(20(6)24(8,10-2)27(23)35-22(31)13-19(5)29)33-16-25(11-3,17-34-26)15-32-21(30)12-18(4)28;1-9-22(7)15-24(16(3)23(8,10-2)25(22)34-19(6)28)31-14-21(33-24)12-29-11-20(32-18(5)27)13-30-17(4)26;1-10-22(8)15-24(16(3)23(9,11-2)25(22)29-17(4)26)27-19-13-12-18(21(5,6)7)14-20(19)28-24/h20H,9-17H2,1-8H3;16,20-21H,9-15H2,1-8H3;12-14,16H,10-11,15H2,1-9H3. The number of esters is 3. The first-order chi connectivity index (χ1) is 45.3. The Morgan fingerprint density at radius 2 is 0.969 bits per heavy atom. The van der Waals surface area contributed by atoms with Gasteiger partial charge in [0.1, 0.15) is 43.7 Å². The highest BCUT2D eigenvalue weighted by molar-refractivity contribution is 5.94. The summed E-state index contributed by atoms with van der Waals surface area (Å²) >= 11 is 0. The smallest absolute Gasteiger partial charge is 0.332 e. The lowest BCUT2D eigenvalue weighted by Gasteiger charge is -2.63. The molecule has 1 aromatic carbocycles. The summed E-state index contributed by atoms with van der Waals surface area (Å²) in [5, 5.41) is 5.56. The Hall–Kier alpha value is -5.34. The number of ether oxygens (including phenoxy) is 10. The summed E-state index contributed by atoms with van der Waals surface area (Å²) in [5.41, 5.74) is -2.28. The van der Waals surface area contributed by atoms with E-state index in [9.17, 15) is 38.4 Å². The third-order valence-corrected chi connectivity index (χ3v) is 22.6. The van der Waals surface area contributed by atoms with E-state index in [2.05, 4.69) is 102 Å². The minimum atomic E-state index is -0.916. The van der Waals surface area contributed by atoms with Crippen molar-refractivity contribution in [2.75, 3.05) is 46.2 Å². The Labute approximate surface area is 583 Å². The number of nitrogens with zero attached hydrogens (tertiary/aromatic N) is 3. The van der Waals surface area contributed by atoms with Crippen LogP contribution >= 0.6 is 0 Å². The van der Waals surface area contributed by atoms with Crippen molar-refractivity contribution in [1.82, 2.24) is 15.2 Å². The molecule has 0 amide bonds. The number of hydroxylamine groups is 6. The molecule has 0 aliphatic carbocycles. The average Bonchev–Trinajstić information content (AvgIpc) is 1.22. The quantitative estimate of drug-likeness (QED) is 0.0560. The zero-order valence-electron chi connectivity index (χ0n) is 64.0. The molecule has 98 heavy (non-hydrogen) atoms. The lowest BCUT2D eigenvalue weighted by Crippen LogP contribution is -2.74. The summed E-state index contributed by atoms with van der Waals surface area (Å²) < 4.78 is 60.4. The molecule has 6 heterocycles. The molecule has 24 nitrogen and oxygen atoms in total. The van der Waals surface area contributed by atoms with Crippen molar-refractivity contribution in [3.8, 4) is 11.5 Å². The molecule has 6 aliphatic rings. The van der Waals surface area contributed by atoms with Crippen LogP contribution in [-0.4, -0.2) is 172 Å². The van der Waals surface area contributed by atoms with Gasteiger partial charge in [-0.3, -0.25) is 33.6 Å².